The van der Waals surface area contributed by atoms with Crippen molar-refractivity contribution in [3.63, 3.8) is 0 Å². The third-order valence-corrected chi connectivity index (χ3v) is 5.44. The zero-order valence-corrected chi connectivity index (χ0v) is 14.5. The van der Waals surface area contributed by atoms with E-state index in [-0.39, 0.29) is 11.9 Å². The SMILES string of the molecule is Cc1noc(C)c1CC(=O)NC[C@H](c1cccs1)N1CCCC1. The molecule has 1 aliphatic rings. The number of nitrogens with one attached hydrogen (secondary N) is 1. The van der Waals surface area contributed by atoms with Crippen LogP contribution in [-0.4, -0.2) is 35.6 Å². The van der Waals surface area contributed by atoms with Gasteiger partial charge in [0.1, 0.15) is 5.76 Å². The Bertz CT molecular complexity index is 625. The molecular formula is C17H23N3O2S. The number of likely N-dealkylation sites (tertiary alicyclic amines) is 1. The second-order valence-electron chi connectivity index (χ2n) is 6.06. The van der Waals surface area contributed by atoms with E-state index in [9.17, 15) is 4.79 Å². The van der Waals surface area contributed by atoms with E-state index < -0.39 is 0 Å². The maximum Gasteiger partial charge on any atom is 0.224 e. The monoisotopic (exact) mass is 333 g/mol. The van der Waals surface area contributed by atoms with Crippen molar-refractivity contribution in [2.45, 2.75) is 39.2 Å². The molecule has 1 amide bonds. The van der Waals surface area contributed by atoms with Crippen molar-refractivity contribution < 1.29 is 9.32 Å². The van der Waals surface area contributed by atoms with Crippen LogP contribution in [0.1, 0.15) is 40.8 Å². The molecule has 0 aromatic carbocycles. The van der Waals surface area contributed by atoms with Gasteiger partial charge in [0.05, 0.1) is 18.2 Å². The van der Waals surface area contributed by atoms with Gasteiger partial charge in [-0.2, -0.15) is 0 Å². The third kappa shape index (κ3) is 3.82. The van der Waals surface area contributed by atoms with Crippen LogP contribution in [0, 0.1) is 13.8 Å². The van der Waals surface area contributed by atoms with Gasteiger partial charge in [0.2, 0.25) is 5.91 Å². The lowest BCUT2D eigenvalue weighted by molar-refractivity contribution is -0.120. The summed E-state index contributed by atoms with van der Waals surface area (Å²) in [4.78, 5) is 16.1. The van der Waals surface area contributed by atoms with E-state index in [0.29, 0.717) is 13.0 Å². The Balaban J connectivity index is 1.61. The maximum atomic E-state index is 12.3. The van der Waals surface area contributed by atoms with Crippen LogP contribution in [0.25, 0.3) is 0 Å². The number of hydrogen-bond donors (Lipinski definition) is 1. The number of aryl methyl sites for hydroxylation is 2. The van der Waals surface area contributed by atoms with Crippen molar-refractivity contribution >= 4 is 17.2 Å². The van der Waals surface area contributed by atoms with Gasteiger partial charge in [0.15, 0.2) is 0 Å². The van der Waals surface area contributed by atoms with E-state index in [4.69, 9.17) is 4.52 Å². The van der Waals surface area contributed by atoms with Crippen LogP contribution in [0.15, 0.2) is 22.0 Å². The minimum atomic E-state index is 0.0279. The molecule has 6 heteroatoms. The van der Waals surface area contributed by atoms with Crippen molar-refractivity contribution in [2.75, 3.05) is 19.6 Å². The van der Waals surface area contributed by atoms with E-state index >= 15 is 0 Å². The summed E-state index contributed by atoms with van der Waals surface area (Å²) in [6.45, 7) is 6.60. The van der Waals surface area contributed by atoms with Gasteiger partial charge in [-0.3, -0.25) is 9.69 Å². The average molecular weight is 333 g/mol. The molecule has 2 aromatic rings. The first kappa shape index (κ1) is 16.2. The molecule has 0 bridgehead atoms. The average Bonchev–Trinajstić information content (AvgIpc) is 3.27. The molecule has 3 rings (SSSR count). The van der Waals surface area contributed by atoms with Crippen molar-refractivity contribution in [1.29, 1.82) is 0 Å². The number of aromatic nitrogens is 1. The molecule has 1 N–H and O–H groups in total. The predicted molar refractivity (Wildman–Crippen MR) is 90.6 cm³/mol. The summed E-state index contributed by atoms with van der Waals surface area (Å²) in [5, 5.41) is 9.11. The lowest BCUT2D eigenvalue weighted by Crippen LogP contribution is -2.37. The summed E-state index contributed by atoms with van der Waals surface area (Å²) in [6.07, 6.45) is 2.82. The zero-order valence-electron chi connectivity index (χ0n) is 13.7. The standard InChI is InChI=1S/C17H23N3O2S/c1-12-14(13(2)22-19-12)10-17(21)18-11-15(16-6-5-9-23-16)20-7-3-4-8-20/h5-6,9,15H,3-4,7-8,10-11H2,1-2H3,(H,18,21)/t15-/m1/s1. The number of carbonyl (C=O) groups is 1. The number of nitrogens with zero attached hydrogens (tertiary/aromatic N) is 2. The highest BCUT2D eigenvalue weighted by Gasteiger charge is 2.25. The molecule has 124 valence electrons. The zero-order chi connectivity index (χ0) is 16.2. The van der Waals surface area contributed by atoms with Gasteiger partial charge in [0, 0.05) is 17.0 Å². The van der Waals surface area contributed by atoms with E-state index in [2.05, 4.69) is 32.9 Å². The maximum absolute atomic E-state index is 12.3. The Morgan fingerprint density at radius 2 is 2.22 bits per heavy atom. The number of amides is 1. The van der Waals surface area contributed by atoms with Crippen LogP contribution in [0.3, 0.4) is 0 Å². The van der Waals surface area contributed by atoms with Crippen molar-refractivity contribution in [1.82, 2.24) is 15.4 Å². The molecular weight excluding hydrogens is 310 g/mol. The molecule has 1 atom stereocenters. The molecule has 1 aliphatic heterocycles. The fraction of sp³-hybridized carbons (Fsp3) is 0.529. The molecule has 0 radical (unpaired) electrons. The Hall–Kier alpha value is -1.66. The minimum Gasteiger partial charge on any atom is -0.361 e. The van der Waals surface area contributed by atoms with Crippen molar-refractivity contribution in [3.8, 4) is 0 Å². The highest BCUT2D eigenvalue weighted by molar-refractivity contribution is 7.10. The van der Waals surface area contributed by atoms with E-state index in [0.717, 1.165) is 30.1 Å². The van der Waals surface area contributed by atoms with Crippen molar-refractivity contribution in [2.24, 2.45) is 0 Å². The van der Waals surface area contributed by atoms with Crippen LogP contribution in [0.4, 0.5) is 0 Å². The summed E-state index contributed by atoms with van der Waals surface area (Å²) in [7, 11) is 0. The van der Waals surface area contributed by atoms with E-state index in [1.54, 1.807) is 11.3 Å². The Morgan fingerprint density at radius 3 is 2.83 bits per heavy atom. The van der Waals surface area contributed by atoms with Crippen molar-refractivity contribution in [3.05, 3.63) is 39.4 Å². The molecule has 0 saturated carbocycles. The number of rotatable bonds is 6. The molecule has 0 aliphatic carbocycles. The third-order valence-electron chi connectivity index (χ3n) is 4.46. The molecule has 1 fully saturated rings. The summed E-state index contributed by atoms with van der Waals surface area (Å²) in [5.74, 6) is 0.757. The van der Waals surface area contributed by atoms with Gasteiger partial charge < -0.3 is 9.84 Å². The fourth-order valence-electron chi connectivity index (χ4n) is 3.13. The normalized spacial score (nSPS) is 16.6. The molecule has 5 nitrogen and oxygen atoms in total. The van der Waals surface area contributed by atoms with Gasteiger partial charge in [-0.05, 0) is 51.2 Å². The first-order valence-electron chi connectivity index (χ1n) is 8.11. The lowest BCUT2D eigenvalue weighted by Gasteiger charge is -2.26. The van der Waals surface area contributed by atoms with Crippen LogP contribution < -0.4 is 5.32 Å². The molecule has 23 heavy (non-hydrogen) atoms. The first-order valence-corrected chi connectivity index (χ1v) is 8.99. The first-order chi connectivity index (χ1) is 11.1. The summed E-state index contributed by atoms with van der Waals surface area (Å²) >= 11 is 1.76. The van der Waals surface area contributed by atoms with Gasteiger partial charge in [-0.25, -0.2) is 0 Å². The Kier molecular flexibility index (Phi) is 5.13. The van der Waals surface area contributed by atoms with Crippen LogP contribution >= 0.6 is 11.3 Å². The van der Waals surface area contributed by atoms with Gasteiger partial charge in [0.25, 0.3) is 0 Å². The summed E-state index contributed by atoms with van der Waals surface area (Å²) in [6, 6.07) is 4.52. The van der Waals surface area contributed by atoms with Gasteiger partial charge in [-0.1, -0.05) is 11.2 Å². The molecule has 0 spiro atoms. The van der Waals surface area contributed by atoms with Crippen LogP contribution in [0.2, 0.25) is 0 Å². The fourth-order valence-corrected chi connectivity index (χ4v) is 3.99. The van der Waals surface area contributed by atoms with Gasteiger partial charge in [-0.15, -0.1) is 11.3 Å². The Labute approximate surface area is 140 Å². The van der Waals surface area contributed by atoms with Crippen LogP contribution in [-0.2, 0) is 11.2 Å². The summed E-state index contributed by atoms with van der Waals surface area (Å²) < 4.78 is 5.13. The van der Waals surface area contributed by atoms with Crippen LogP contribution in [0.5, 0.6) is 0 Å². The summed E-state index contributed by atoms with van der Waals surface area (Å²) in [5.41, 5.74) is 1.70. The van der Waals surface area contributed by atoms with E-state index in [1.165, 1.54) is 17.7 Å². The second-order valence-corrected chi connectivity index (χ2v) is 7.04. The highest BCUT2D eigenvalue weighted by Crippen LogP contribution is 2.27. The smallest absolute Gasteiger partial charge is 0.224 e. The number of thiophene rings is 1. The second kappa shape index (κ2) is 7.27. The largest absolute Gasteiger partial charge is 0.361 e. The number of hydrogen-bond acceptors (Lipinski definition) is 5. The molecule has 0 unspecified atom stereocenters. The van der Waals surface area contributed by atoms with E-state index in [1.807, 2.05) is 13.8 Å². The number of carbonyl (C=O) groups excluding carboxylic acids is 1. The Morgan fingerprint density at radius 1 is 1.43 bits per heavy atom. The molecule has 1 saturated heterocycles. The highest BCUT2D eigenvalue weighted by atomic mass is 32.1. The lowest BCUT2D eigenvalue weighted by atomic mass is 10.1. The topological polar surface area (TPSA) is 58.4 Å². The van der Waals surface area contributed by atoms with Gasteiger partial charge >= 0.3 is 0 Å². The predicted octanol–water partition coefficient (Wildman–Crippen LogP) is 2.85. The molecule has 3 heterocycles. The minimum absolute atomic E-state index is 0.0279. The molecule has 2 aromatic heterocycles. The quantitative estimate of drug-likeness (QED) is 0.883.